The van der Waals surface area contributed by atoms with E-state index in [1.807, 2.05) is 12.1 Å². The molecule has 5 fully saturated rings. The summed E-state index contributed by atoms with van der Waals surface area (Å²) in [5.41, 5.74) is 2.54. The number of hydrogen-bond donors (Lipinski definition) is 2. The molecule has 5 amide bonds. The number of likely N-dealkylation sites (tertiary alicyclic amines) is 1. The van der Waals surface area contributed by atoms with Crippen LogP contribution in [0.15, 0.2) is 48.5 Å². The Morgan fingerprint density at radius 1 is 0.847 bits per heavy atom. The zero-order chi connectivity index (χ0) is 40.8. The highest BCUT2D eigenvalue weighted by Crippen LogP contribution is 2.44. The summed E-state index contributed by atoms with van der Waals surface area (Å²) in [5, 5.41) is 14.5. The van der Waals surface area contributed by atoms with Gasteiger partial charge < -0.3 is 19.9 Å². The monoisotopic (exact) mass is 819 g/mol. The Kier molecular flexibility index (Phi) is 10.5. The summed E-state index contributed by atoms with van der Waals surface area (Å²) in [4.78, 5) is 75.2. The van der Waals surface area contributed by atoms with Crippen molar-refractivity contribution in [1.29, 1.82) is 0 Å². The Morgan fingerprint density at radius 2 is 1.59 bits per heavy atom. The molecule has 6 aliphatic rings. The molecule has 15 nitrogen and oxygen atoms in total. The van der Waals surface area contributed by atoms with Crippen molar-refractivity contribution in [2.24, 2.45) is 5.41 Å². The molecule has 4 saturated heterocycles. The lowest BCUT2D eigenvalue weighted by atomic mass is 9.71. The van der Waals surface area contributed by atoms with E-state index in [9.17, 15) is 24.0 Å². The first-order valence-corrected chi connectivity index (χ1v) is 21.0. The smallest absolute Gasteiger partial charge is 0.272 e. The van der Waals surface area contributed by atoms with E-state index in [1.54, 1.807) is 36.4 Å². The van der Waals surface area contributed by atoms with Gasteiger partial charge in [0.2, 0.25) is 17.5 Å². The van der Waals surface area contributed by atoms with E-state index in [-0.39, 0.29) is 30.9 Å². The lowest BCUT2D eigenvalue weighted by molar-refractivity contribution is -0.136. The summed E-state index contributed by atoms with van der Waals surface area (Å²) in [6, 6.07) is 13.7. The first-order chi connectivity index (χ1) is 28.6. The van der Waals surface area contributed by atoms with Crippen molar-refractivity contribution in [3.63, 3.8) is 0 Å². The molecule has 306 valence electrons. The number of carbonyl (C=O) groups excluding carboxylic acids is 5. The van der Waals surface area contributed by atoms with Gasteiger partial charge >= 0.3 is 0 Å². The molecule has 1 unspecified atom stereocenters. The predicted molar refractivity (Wildman–Crippen MR) is 218 cm³/mol. The fourth-order valence-corrected chi connectivity index (χ4v) is 10.0. The van der Waals surface area contributed by atoms with Crippen LogP contribution in [0, 0.1) is 12.0 Å². The molecular weight excluding hydrogens is 774 g/mol. The number of piperidine rings is 3. The number of rotatable bonds is 8. The normalized spacial score (nSPS) is 24.7. The molecule has 1 atom stereocenters. The van der Waals surface area contributed by atoms with Gasteiger partial charge in [0.05, 0.1) is 28.8 Å². The van der Waals surface area contributed by atoms with E-state index in [4.69, 9.17) is 22.9 Å². The summed E-state index contributed by atoms with van der Waals surface area (Å²) in [6.45, 7) is 12.8. The Morgan fingerprint density at radius 3 is 2.27 bits per heavy atom. The Bertz CT molecular complexity index is 2210. The molecule has 59 heavy (non-hydrogen) atoms. The van der Waals surface area contributed by atoms with Crippen LogP contribution in [0.5, 0.6) is 5.75 Å². The zero-order valence-electron chi connectivity index (χ0n) is 32.7. The van der Waals surface area contributed by atoms with Gasteiger partial charge in [-0.3, -0.25) is 39.1 Å². The van der Waals surface area contributed by atoms with Crippen LogP contribution in [0.25, 0.3) is 4.85 Å². The number of anilines is 2. The largest absolute Gasteiger partial charge is 0.490 e. The van der Waals surface area contributed by atoms with Crippen molar-refractivity contribution < 1.29 is 28.7 Å². The number of aromatic nitrogens is 2. The molecule has 9 rings (SSSR count). The maximum atomic E-state index is 13.3. The first kappa shape index (κ1) is 38.9. The molecule has 1 spiro atoms. The highest BCUT2D eigenvalue weighted by atomic mass is 35.5. The van der Waals surface area contributed by atoms with Gasteiger partial charge in [-0.25, -0.2) is 4.85 Å². The van der Waals surface area contributed by atoms with Gasteiger partial charge in [-0.1, -0.05) is 17.7 Å². The van der Waals surface area contributed by atoms with Gasteiger partial charge in [-0.2, -0.15) is 0 Å². The molecule has 3 aromatic rings. The third-order valence-corrected chi connectivity index (χ3v) is 13.5. The minimum atomic E-state index is -0.971. The van der Waals surface area contributed by atoms with Gasteiger partial charge in [-0.15, -0.1) is 10.2 Å². The van der Waals surface area contributed by atoms with Crippen LogP contribution < -0.4 is 25.2 Å². The standard InChI is InChI=1S/C43H46ClN9O6/c1-45-34-9-7-30(23-33(34)44)59-29-5-2-26(3-6-29)46-39(55)35-10-12-37(49-48-35)51-20-16-43(17-21-51)24-52(25-43)27-14-18-50(19-15-27)28-4-8-31-32(22-28)42(58)53(41(31)57)36-11-13-38(54)47-40(36)56/h4,7-10,12,22-23,26-27,29,36H,2-3,5-6,11,13-21,24-25H2,(H,46,55)(H,47,54,56). The molecule has 2 N–H and O–H groups in total. The zero-order valence-corrected chi connectivity index (χ0v) is 33.5. The molecule has 0 bridgehead atoms. The number of nitrogens with zero attached hydrogens (tertiary/aromatic N) is 7. The molecule has 1 aromatic heterocycles. The Labute approximate surface area is 347 Å². The number of fused-ring (bicyclic) bond motifs is 1. The summed E-state index contributed by atoms with van der Waals surface area (Å²) in [5.74, 6) is -0.734. The van der Waals surface area contributed by atoms with Crippen molar-refractivity contribution in [1.82, 2.24) is 30.6 Å². The van der Waals surface area contributed by atoms with Crippen LogP contribution in [-0.4, -0.2) is 113 Å². The highest BCUT2D eigenvalue weighted by molar-refractivity contribution is 6.33. The topological polar surface area (TPSA) is 162 Å². The van der Waals surface area contributed by atoms with Gasteiger partial charge in [0.15, 0.2) is 11.5 Å². The summed E-state index contributed by atoms with van der Waals surface area (Å²) >= 11 is 6.16. The van der Waals surface area contributed by atoms with Crippen molar-refractivity contribution >= 4 is 58.3 Å². The maximum absolute atomic E-state index is 13.3. The molecule has 5 aliphatic heterocycles. The molecular formula is C43H46ClN9O6. The second-order valence-corrected chi connectivity index (χ2v) is 17.3. The Hall–Kier alpha value is -5.59. The quantitative estimate of drug-likeness (QED) is 0.238. The second-order valence-electron chi connectivity index (χ2n) is 16.9. The predicted octanol–water partition coefficient (Wildman–Crippen LogP) is 4.77. The van der Waals surface area contributed by atoms with Crippen molar-refractivity contribution in [2.45, 2.75) is 88.4 Å². The molecule has 2 aromatic carbocycles. The fourth-order valence-electron chi connectivity index (χ4n) is 9.79. The molecule has 1 saturated carbocycles. The first-order valence-electron chi connectivity index (χ1n) is 20.6. The highest BCUT2D eigenvalue weighted by Gasteiger charge is 2.48. The van der Waals surface area contributed by atoms with E-state index in [0.717, 1.165) is 107 Å². The van der Waals surface area contributed by atoms with Crippen molar-refractivity contribution in [3.8, 4) is 5.75 Å². The van der Waals surface area contributed by atoms with Gasteiger partial charge in [0.1, 0.15) is 11.8 Å². The lowest BCUT2D eigenvalue weighted by Crippen LogP contribution is -2.64. The van der Waals surface area contributed by atoms with E-state index < -0.39 is 29.7 Å². The van der Waals surface area contributed by atoms with Crippen molar-refractivity contribution in [3.05, 3.63) is 81.8 Å². The van der Waals surface area contributed by atoms with Crippen LogP contribution in [0.2, 0.25) is 5.02 Å². The number of nitrogens with one attached hydrogen (secondary N) is 2. The van der Waals surface area contributed by atoms with E-state index in [1.165, 1.54) is 0 Å². The summed E-state index contributed by atoms with van der Waals surface area (Å²) < 4.78 is 6.09. The lowest BCUT2D eigenvalue weighted by Gasteiger charge is -2.57. The summed E-state index contributed by atoms with van der Waals surface area (Å²) in [6.07, 6.45) is 7.62. The van der Waals surface area contributed by atoms with Crippen LogP contribution >= 0.6 is 11.6 Å². The molecule has 6 heterocycles. The number of carbonyl (C=O) groups is 5. The molecule has 0 radical (unpaired) electrons. The SMILES string of the molecule is [C-]#[N+]c1ccc(OC2CCC(NC(=O)c3ccc(N4CCC5(CC4)CN(C4CCN(c6ccc7c(c6)C(=O)N(C6CCC(=O)NC6=O)C7=O)CC4)C5)nn3)CC2)cc1Cl. The third kappa shape index (κ3) is 7.71. The number of hydrogen-bond acceptors (Lipinski definition) is 11. The van der Waals surface area contributed by atoms with Crippen LogP contribution in [-0.2, 0) is 9.59 Å². The third-order valence-electron chi connectivity index (χ3n) is 13.2. The minimum Gasteiger partial charge on any atom is -0.490 e. The Balaban J connectivity index is 0.700. The number of halogens is 1. The second kappa shape index (κ2) is 15.9. The number of benzene rings is 2. The molecule has 1 aliphatic carbocycles. The fraction of sp³-hybridized carbons (Fsp3) is 0.488. The average Bonchev–Trinajstić information content (AvgIpc) is 3.48. The van der Waals surface area contributed by atoms with Crippen LogP contribution in [0.4, 0.5) is 17.2 Å². The van der Waals surface area contributed by atoms with Gasteiger partial charge in [0.25, 0.3) is 17.7 Å². The minimum absolute atomic E-state index is 0.0272. The average molecular weight is 820 g/mol. The number of imide groups is 2. The van der Waals surface area contributed by atoms with Gasteiger partial charge in [-0.05, 0) is 106 Å². The van der Waals surface area contributed by atoms with Gasteiger partial charge in [0, 0.05) is 63.5 Å². The van der Waals surface area contributed by atoms with Crippen LogP contribution in [0.1, 0.15) is 95.4 Å². The van der Waals surface area contributed by atoms with E-state index in [2.05, 4.69) is 40.4 Å². The maximum Gasteiger partial charge on any atom is 0.272 e. The van der Waals surface area contributed by atoms with E-state index >= 15 is 0 Å². The molecule has 16 heteroatoms. The summed E-state index contributed by atoms with van der Waals surface area (Å²) in [7, 11) is 0. The van der Waals surface area contributed by atoms with Crippen LogP contribution in [0.3, 0.4) is 0 Å². The number of ether oxygens (including phenoxy) is 1. The van der Waals surface area contributed by atoms with Crippen molar-refractivity contribution in [2.75, 3.05) is 49.1 Å². The van der Waals surface area contributed by atoms with E-state index in [0.29, 0.717) is 44.7 Å². The number of amides is 5.